The Morgan fingerprint density at radius 2 is 1.85 bits per heavy atom. The van der Waals surface area contributed by atoms with Gasteiger partial charge in [-0.2, -0.15) is 0 Å². The first-order valence-corrected chi connectivity index (χ1v) is 8.08. The smallest absolute Gasteiger partial charge is 0.280 e. The molecule has 1 unspecified atom stereocenters. The van der Waals surface area contributed by atoms with Gasteiger partial charge in [-0.25, -0.2) is 0 Å². The summed E-state index contributed by atoms with van der Waals surface area (Å²) in [4.78, 5) is 25.5. The van der Waals surface area contributed by atoms with Gasteiger partial charge in [-0.05, 0) is 25.1 Å². The second-order valence-corrected chi connectivity index (χ2v) is 5.71. The van der Waals surface area contributed by atoms with Crippen LogP contribution in [0.2, 0.25) is 0 Å². The zero-order valence-corrected chi connectivity index (χ0v) is 14.7. The fourth-order valence-electron chi connectivity index (χ4n) is 3.13. The van der Waals surface area contributed by atoms with Crippen LogP contribution < -0.4 is 14.8 Å². The summed E-state index contributed by atoms with van der Waals surface area (Å²) in [7, 11) is 2.87. The summed E-state index contributed by atoms with van der Waals surface area (Å²) >= 11 is 0. The first kappa shape index (κ1) is 17.5. The Labute approximate surface area is 150 Å². The predicted octanol–water partition coefficient (Wildman–Crippen LogP) is 3.20. The average Bonchev–Trinajstić information content (AvgIpc) is 2.66. The molecule has 136 valence electrons. The molecule has 26 heavy (non-hydrogen) atoms. The van der Waals surface area contributed by atoms with E-state index in [0.29, 0.717) is 29.1 Å². The van der Waals surface area contributed by atoms with Crippen molar-refractivity contribution in [3.63, 3.8) is 0 Å². The van der Waals surface area contributed by atoms with Crippen molar-refractivity contribution in [3.05, 3.63) is 57.6 Å². The number of para-hydroxylation sites is 1. The summed E-state index contributed by atoms with van der Waals surface area (Å²) in [6, 6.07) is 9.95. The van der Waals surface area contributed by atoms with Crippen LogP contribution >= 0.6 is 0 Å². The number of fused-ring (bicyclic) bond motifs is 1. The maximum absolute atomic E-state index is 12.9. The predicted molar refractivity (Wildman–Crippen MR) is 95.7 cm³/mol. The fraction of sp³-hybridized carbons (Fsp3) is 0.278. The first-order chi connectivity index (χ1) is 12.5. The second-order valence-electron chi connectivity index (χ2n) is 5.71. The van der Waals surface area contributed by atoms with Gasteiger partial charge in [0, 0.05) is 12.2 Å². The molecule has 0 spiro atoms. The minimum atomic E-state index is -0.692. The van der Waals surface area contributed by atoms with Gasteiger partial charge in [-0.15, -0.1) is 0 Å². The quantitative estimate of drug-likeness (QED) is 0.652. The van der Waals surface area contributed by atoms with Crippen molar-refractivity contribution in [1.82, 2.24) is 4.90 Å². The number of hydrogen-bond donors (Lipinski definition) is 1. The highest BCUT2D eigenvalue weighted by atomic mass is 16.6. The minimum absolute atomic E-state index is 0.147. The molecule has 1 N–H and O–H groups in total. The maximum atomic E-state index is 12.9. The van der Waals surface area contributed by atoms with Crippen molar-refractivity contribution < 1.29 is 19.2 Å². The van der Waals surface area contributed by atoms with Crippen molar-refractivity contribution in [2.45, 2.75) is 13.1 Å². The molecule has 0 fully saturated rings. The number of benzene rings is 2. The molecular weight excluding hydrogens is 338 g/mol. The lowest BCUT2D eigenvalue weighted by atomic mass is 10.0. The Balaban J connectivity index is 2.18. The van der Waals surface area contributed by atoms with Crippen LogP contribution in [0.3, 0.4) is 0 Å². The third-order valence-corrected chi connectivity index (χ3v) is 4.39. The summed E-state index contributed by atoms with van der Waals surface area (Å²) in [5, 5.41) is 14.9. The number of ether oxygens (including phenoxy) is 2. The zero-order chi connectivity index (χ0) is 18.8. The Hall–Kier alpha value is -3.29. The highest BCUT2D eigenvalue weighted by molar-refractivity contribution is 6.01. The molecule has 0 saturated heterocycles. The summed E-state index contributed by atoms with van der Waals surface area (Å²) in [5.41, 5.74) is 1.35. The number of rotatable bonds is 5. The molecule has 2 aromatic carbocycles. The van der Waals surface area contributed by atoms with Gasteiger partial charge in [-0.1, -0.05) is 12.1 Å². The molecule has 0 bridgehead atoms. The van der Waals surface area contributed by atoms with E-state index in [2.05, 4.69) is 5.32 Å². The molecule has 0 aliphatic carbocycles. The molecule has 8 nitrogen and oxygen atoms in total. The zero-order valence-electron chi connectivity index (χ0n) is 14.7. The van der Waals surface area contributed by atoms with Crippen molar-refractivity contribution in [2.75, 3.05) is 26.1 Å². The molecule has 1 aliphatic rings. The van der Waals surface area contributed by atoms with E-state index in [-0.39, 0.29) is 17.3 Å². The number of nitrogens with zero attached hydrogens (tertiary/aromatic N) is 2. The Bertz CT molecular complexity index is 868. The van der Waals surface area contributed by atoms with E-state index in [1.54, 1.807) is 35.2 Å². The number of amides is 1. The van der Waals surface area contributed by atoms with Crippen molar-refractivity contribution in [3.8, 4) is 11.5 Å². The van der Waals surface area contributed by atoms with E-state index in [1.165, 1.54) is 20.3 Å². The van der Waals surface area contributed by atoms with E-state index in [1.807, 2.05) is 6.92 Å². The van der Waals surface area contributed by atoms with Crippen LogP contribution in [0.15, 0.2) is 36.4 Å². The van der Waals surface area contributed by atoms with E-state index < -0.39 is 11.1 Å². The Morgan fingerprint density at radius 3 is 2.46 bits per heavy atom. The normalized spacial score (nSPS) is 15.9. The molecule has 1 heterocycles. The maximum Gasteiger partial charge on any atom is 0.280 e. The highest BCUT2D eigenvalue weighted by Gasteiger charge is 2.36. The number of nitrogens with one attached hydrogen (secondary N) is 1. The van der Waals surface area contributed by atoms with Gasteiger partial charge in [0.1, 0.15) is 6.17 Å². The van der Waals surface area contributed by atoms with Crippen LogP contribution in [0.1, 0.15) is 29.0 Å². The second kappa shape index (κ2) is 6.91. The van der Waals surface area contributed by atoms with E-state index in [4.69, 9.17) is 9.47 Å². The number of anilines is 1. The number of hydrogen-bond acceptors (Lipinski definition) is 6. The third kappa shape index (κ3) is 2.79. The Morgan fingerprint density at radius 1 is 1.19 bits per heavy atom. The number of nitro groups is 1. The van der Waals surface area contributed by atoms with Gasteiger partial charge in [-0.3, -0.25) is 14.9 Å². The van der Waals surface area contributed by atoms with Crippen molar-refractivity contribution in [2.24, 2.45) is 0 Å². The van der Waals surface area contributed by atoms with Gasteiger partial charge in [0.2, 0.25) is 0 Å². The molecular formula is C18H19N3O5. The third-order valence-electron chi connectivity index (χ3n) is 4.39. The van der Waals surface area contributed by atoms with E-state index in [0.717, 1.165) is 0 Å². The molecule has 0 saturated carbocycles. The lowest BCUT2D eigenvalue weighted by molar-refractivity contribution is -0.386. The SMILES string of the molecule is CCN1C(=O)c2ccccc2NC1c1cc(OC)c(OC)cc1[N+](=O)[O-]. The molecule has 8 heteroatoms. The molecule has 0 radical (unpaired) electrons. The number of carbonyl (C=O) groups is 1. The van der Waals surface area contributed by atoms with Crippen LogP contribution in [0.4, 0.5) is 11.4 Å². The average molecular weight is 357 g/mol. The largest absolute Gasteiger partial charge is 0.493 e. The summed E-state index contributed by atoms with van der Waals surface area (Å²) in [5.74, 6) is 0.432. The number of nitro benzene ring substituents is 1. The number of carbonyl (C=O) groups excluding carboxylic acids is 1. The van der Waals surface area contributed by atoms with Crippen LogP contribution in [0.5, 0.6) is 11.5 Å². The first-order valence-electron chi connectivity index (χ1n) is 8.08. The summed E-state index contributed by atoms with van der Waals surface area (Å²) < 4.78 is 10.5. The highest BCUT2D eigenvalue weighted by Crippen LogP contribution is 2.41. The lowest BCUT2D eigenvalue weighted by Crippen LogP contribution is -2.43. The minimum Gasteiger partial charge on any atom is -0.493 e. The Kier molecular flexibility index (Phi) is 4.66. The topological polar surface area (TPSA) is 93.9 Å². The molecule has 3 rings (SSSR count). The van der Waals surface area contributed by atoms with Gasteiger partial charge >= 0.3 is 0 Å². The summed E-state index contributed by atoms with van der Waals surface area (Å²) in [6.07, 6.45) is -0.692. The van der Waals surface area contributed by atoms with Crippen LogP contribution in [-0.4, -0.2) is 36.5 Å². The van der Waals surface area contributed by atoms with E-state index >= 15 is 0 Å². The van der Waals surface area contributed by atoms with Crippen molar-refractivity contribution >= 4 is 17.3 Å². The van der Waals surface area contributed by atoms with Crippen LogP contribution in [0, 0.1) is 10.1 Å². The lowest BCUT2D eigenvalue weighted by Gasteiger charge is -2.37. The fourth-order valence-corrected chi connectivity index (χ4v) is 3.13. The molecule has 0 aromatic heterocycles. The van der Waals surface area contributed by atoms with Crippen LogP contribution in [0.25, 0.3) is 0 Å². The van der Waals surface area contributed by atoms with Gasteiger partial charge < -0.3 is 19.7 Å². The molecule has 1 atom stereocenters. The standard InChI is InChI=1S/C18H19N3O5/c1-4-20-17(19-13-8-6-5-7-11(13)18(20)22)12-9-15(25-2)16(26-3)10-14(12)21(23)24/h5-10,17,19H,4H2,1-3H3. The molecule has 1 amide bonds. The molecule has 1 aliphatic heterocycles. The van der Waals surface area contributed by atoms with E-state index in [9.17, 15) is 14.9 Å². The van der Waals surface area contributed by atoms with Gasteiger partial charge in [0.25, 0.3) is 11.6 Å². The molecule has 2 aromatic rings. The van der Waals surface area contributed by atoms with Gasteiger partial charge in [0.15, 0.2) is 11.5 Å². The van der Waals surface area contributed by atoms with Gasteiger partial charge in [0.05, 0.1) is 36.3 Å². The summed E-state index contributed by atoms with van der Waals surface area (Å²) in [6.45, 7) is 2.21. The number of methoxy groups -OCH3 is 2. The van der Waals surface area contributed by atoms with Crippen LogP contribution in [-0.2, 0) is 0 Å². The van der Waals surface area contributed by atoms with Crippen molar-refractivity contribution in [1.29, 1.82) is 0 Å². The monoisotopic (exact) mass is 357 g/mol.